The molecular formula is C23H26ClN2OP. The van der Waals surface area contributed by atoms with Gasteiger partial charge in [-0.15, -0.1) is 9.24 Å². The summed E-state index contributed by atoms with van der Waals surface area (Å²) < 4.78 is 0. The maximum atomic E-state index is 11.8. The van der Waals surface area contributed by atoms with Gasteiger partial charge in [0.25, 0.3) is 5.91 Å². The lowest BCUT2D eigenvalue weighted by atomic mass is 10.0. The maximum absolute atomic E-state index is 11.8. The van der Waals surface area contributed by atoms with E-state index in [2.05, 4.69) is 51.3 Å². The van der Waals surface area contributed by atoms with Gasteiger partial charge in [-0.05, 0) is 55.1 Å². The van der Waals surface area contributed by atoms with E-state index in [-0.39, 0.29) is 5.91 Å². The molecule has 5 heteroatoms. The van der Waals surface area contributed by atoms with E-state index in [4.69, 9.17) is 11.6 Å². The summed E-state index contributed by atoms with van der Waals surface area (Å²) in [5, 5.41) is 4.43. The number of benzene rings is 1. The third kappa shape index (κ3) is 5.93. The molecule has 2 atom stereocenters. The number of anilines is 1. The molecule has 1 aromatic heterocycles. The molecule has 0 aliphatic carbocycles. The van der Waals surface area contributed by atoms with Crippen molar-refractivity contribution < 1.29 is 4.79 Å². The first kappa shape index (κ1) is 22.2. The molecule has 0 spiro atoms. The Hall–Kier alpha value is -2.14. The van der Waals surface area contributed by atoms with Crippen LogP contribution in [0.3, 0.4) is 0 Å². The highest BCUT2D eigenvalue weighted by molar-refractivity contribution is 7.28. The monoisotopic (exact) mass is 412 g/mol. The Morgan fingerprint density at radius 2 is 2.11 bits per heavy atom. The quantitative estimate of drug-likeness (QED) is 0.500. The van der Waals surface area contributed by atoms with Gasteiger partial charge in [0.2, 0.25) is 0 Å². The molecule has 3 nitrogen and oxygen atoms in total. The summed E-state index contributed by atoms with van der Waals surface area (Å²) in [5.41, 5.74) is 4.42. The van der Waals surface area contributed by atoms with E-state index in [0.717, 1.165) is 45.6 Å². The molecule has 0 radical (unpaired) electrons. The Balaban J connectivity index is 2.38. The summed E-state index contributed by atoms with van der Waals surface area (Å²) in [6, 6.07) is 7.91. The van der Waals surface area contributed by atoms with Crippen molar-refractivity contribution in [3.05, 3.63) is 47.8 Å². The second kappa shape index (κ2) is 10.4. The molecule has 0 aliphatic heterocycles. The lowest BCUT2D eigenvalue weighted by Gasteiger charge is -2.12. The summed E-state index contributed by atoms with van der Waals surface area (Å²) in [4.78, 5) is 16.3. The van der Waals surface area contributed by atoms with Gasteiger partial charge in [-0.3, -0.25) is 9.78 Å². The third-order valence-electron chi connectivity index (χ3n) is 4.61. The van der Waals surface area contributed by atoms with Gasteiger partial charge in [-0.2, -0.15) is 0 Å². The zero-order valence-electron chi connectivity index (χ0n) is 16.8. The minimum Gasteiger partial charge on any atom is -0.315 e. The molecule has 2 unspecified atom stereocenters. The summed E-state index contributed by atoms with van der Waals surface area (Å²) in [7, 11) is 2.62. The number of aryl methyl sites for hydroxylation is 1. The number of nitrogens with zero attached hydrogens (tertiary/aromatic N) is 1. The van der Waals surface area contributed by atoms with Crippen molar-refractivity contribution in [3.8, 4) is 23.0 Å². The van der Waals surface area contributed by atoms with E-state index in [0.29, 0.717) is 11.6 Å². The molecule has 0 fully saturated rings. The second-order valence-electron chi connectivity index (χ2n) is 6.79. The van der Waals surface area contributed by atoms with Crippen LogP contribution >= 0.6 is 20.8 Å². The lowest BCUT2D eigenvalue weighted by molar-refractivity contribution is -0.111. The van der Waals surface area contributed by atoms with Gasteiger partial charge in [0.1, 0.15) is 0 Å². The number of nitrogens with one attached hydrogen (secondary N) is 1. The van der Waals surface area contributed by atoms with Crippen LogP contribution in [0, 0.1) is 24.7 Å². The highest BCUT2D eigenvalue weighted by Crippen LogP contribution is 2.29. The molecule has 1 heterocycles. The standard InChI is InChI=1S/C23H26ClN2OP/c1-5-7-23(27)26-21-13-17(9-11-22(21)28)18-12-19(16(4)25-14-18)20(24)10-8-15(3)6-2/h9-15H,6,8,28H2,1-4H3,(H,26,27)/b20-10+. The van der Waals surface area contributed by atoms with Gasteiger partial charge in [-0.1, -0.05) is 56.0 Å². The van der Waals surface area contributed by atoms with Crippen molar-refractivity contribution in [2.45, 2.75) is 40.5 Å². The van der Waals surface area contributed by atoms with Crippen LogP contribution in [0.1, 0.15) is 44.9 Å². The Morgan fingerprint density at radius 1 is 1.36 bits per heavy atom. The molecule has 1 amide bonds. The second-order valence-corrected chi connectivity index (χ2v) is 7.82. The Bertz CT molecular complexity index is 957. The van der Waals surface area contributed by atoms with Crippen LogP contribution in [0.25, 0.3) is 16.2 Å². The molecule has 146 valence electrons. The number of halogens is 1. The smallest absolute Gasteiger partial charge is 0.300 e. The van der Waals surface area contributed by atoms with Gasteiger partial charge in [0.15, 0.2) is 0 Å². The highest BCUT2D eigenvalue weighted by Gasteiger charge is 2.10. The van der Waals surface area contributed by atoms with Crippen molar-refractivity contribution in [3.63, 3.8) is 0 Å². The van der Waals surface area contributed by atoms with Crippen molar-refractivity contribution in [1.82, 2.24) is 4.98 Å². The van der Waals surface area contributed by atoms with Crippen LogP contribution in [0.5, 0.6) is 0 Å². The van der Waals surface area contributed by atoms with E-state index in [9.17, 15) is 4.79 Å². The molecule has 0 aliphatic rings. The average molecular weight is 413 g/mol. The summed E-state index contributed by atoms with van der Waals surface area (Å²) in [6.07, 6.45) is 5.96. The fraction of sp³-hybridized carbons (Fsp3) is 0.304. The minimum absolute atomic E-state index is 0.331. The predicted octanol–water partition coefficient (Wildman–Crippen LogP) is 5.54. The van der Waals surface area contributed by atoms with Gasteiger partial charge < -0.3 is 5.32 Å². The van der Waals surface area contributed by atoms with Gasteiger partial charge in [-0.25, -0.2) is 0 Å². The predicted molar refractivity (Wildman–Crippen MR) is 124 cm³/mol. The van der Waals surface area contributed by atoms with E-state index < -0.39 is 0 Å². The number of rotatable bonds is 6. The molecule has 1 aromatic carbocycles. The van der Waals surface area contributed by atoms with Gasteiger partial charge in [0.05, 0.1) is 0 Å². The molecule has 28 heavy (non-hydrogen) atoms. The first-order chi connectivity index (χ1) is 13.3. The van der Waals surface area contributed by atoms with Crippen LogP contribution in [-0.2, 0) is 4.79 Å². The van der Waals surface area contributed by atoms with Gasteiger partial charge in [0, 0.05) is 33.7 Å². The van der Waals surface area contributed by atoms with Crippen LogP contribution in [0.4, 0.5) is 5.69 Å². The largest absolute Gasteiger partial charge is 0.315 e. The Morgan fingerprint density at radius 3 is 2.79 bits per heavy atom. The minimum atomic E-state index is -0.331. The number of pyridine rings is 1. The number of amides is 1. The molecule has 0 saturated heterocycles. The van der Waals surface area contributed by atoms with Crippen LogP contribution < -0.4 is 10.6 Å². The molecule has 0 bridgehead atoms. The topological polar surface area (TPSA) is 42.0 Å². The molecule has 2 aromatic rings. The van der Waals surface area contributed by atoms with Crippen molar-refractivity contribution in [2.75, 3.05) is 5.32 Å². The van der Waals surface area contributed by atoms with E-state index in [1.807, 2.05) is 37.4 Å². The van der Waals surface area contributed by atoms with E-state index >= 15 is 0 Å². The van der Waals surface area contributed by atoms with Crippen molar-refractivity contribution >= 4 is 42.8 Å². The first-order valence-corrected chi connectivity index (χ1v) is 10.3. The number of carbonyl (C=O) groups is 1. The SMILES string of the molecule is CC#CC(=O)Nc1cc(-c2cnc(C)c(/C(Cl)=C\CC(C)CC)c2)ccc1P. The average Bonchev–Trinajstić information content (AvgIpc) is 2.68. The van der Waals surface area contributed by atoms with Crippen molar-refractivity contribution in [2.24, 2.45) is 5.92 Å². The van der Waals surface area contributed by atoms with E-state index in [1.54, 1.807) is 6.92 Å². The zero-order chi connectivity index (χ0) is 20.7. The molecular weight excluding hydrogens is 387 g/mol. The molecule has 2 rings (SSSR count). The number of aromatic nitrogens is 1. The van der Waals surface area contributed by atoms with Gasteiger partial charge >= 0.3 is 0 Å². The maximum Gasteiger partial charge on any atom is 0.300 e. The fourth-order valence-electron chi connectivity index (χ4n) is 2.63. The summed E-state index contributed by atoms with van der Waals surface area (Å²) in [6.45, 7) is 7.98. The number of hydrogen-bond donors (Lipinski definition) is 1. The van der Waals surface area contributed by atoms with Crippen LogP contribution in [0.2, 0.25) is 0 Å². The molecule has 1 N–H and O–H groups in total. The van der Waals surface area contributed by atoms with Crippen molar-refractivity contribution in [1.29, 1.82) is 0 Å². The van der Waals surface area contributed by atoms with Crippen LogP contribution in [0.15, 0.2) is 36.5 Å². The summed E-state index contributed by atoms with van der Waals surface area (Å²) in [5.74, 6) is 5.36. The number of carbonyl (C=O) groups excluding carboxylic acids is 1. The lowest BCUT2D eigenvalue weighted by Crippen LogP contribution is -2.13. The first-order valence-electron chi connectivity index (χ1n) is 9.32. The van der Waals surface area contributed by atoms with Crippen LogP contribution in [-0.4, -0.2) is 10.9 Å². The normalized spacial score (nSPS) is 12.1. The zero-order valence-corrected chi connectivity index (χ0v) is 18.7. The Labute approximate surface area is 175 Å². The number of allylic oxidation sites excluding steroid dienone is 1. The highest BCUT2D eigenvalue weighted by atomic mass is 35.5. The van der Waals surface area contributed by atoms with E-state index in [1.165, 1.54) is 0 Å². The molecule has 0 saturated carbocycles. The summed E-state index contributed by atoms with van der Waals surface area (Å²) >= 11 is 6.58. The fourth-order valence-corrected chi connectivity index (χ4v) is 3.16. The Kier molecular flexibility index (Phi) is 8.24. The number of hydrogen-bond acceptors (Lipinski definition) is 2. The third-order valence-corrected chi connectivity index (χ3v) is 5.48.